The standard InChI is InChI=1S/C11H15NOS/c1-14-11-5-8(7-12)4-10(6-11)13-9-2-3-9/h4-6,9H,2-3,7,12H2,1H3. The first-order valence-corrected chi connectivity index (χ1v) is 6.09. The van der Waals surface area contributed by atoms with Crippen molar-refractivity contribution in [2.45, 2.75) is 30.4 Å². The highest BCUT2D eigenvalue weighted by molar-refractivity contribution is 7.98. The van der Waals surface area contributed by atoms with Gasteiger partial charge in [-0.3, -0.25) is 0 Å². The Labute approximate surface area is 88.8 Å². The molecular weight excluding hydrogens is 194 g/mol. The molecule has 1 fully saturated rings. The van der Waals surface area contributed by atoms with Crippen molar-refractivity contribution in [3.05, 3.63) is 23.8 Å². The van der Waals surface area contributed by atoms with Crippen LogP contribution in [0.5, 0.6) is 5.75 Å². The molecule has 2 nitrogen and oxygen atoms in total. The van der Waals surface area contributed by atoms with Gasteiger partial charge in [-0.2, -0.15) is 0 Å². The lowest BCUT2D eigenvalue weighted by Gasteiger charge is -2.08. The monoisotopic (exact) mass is 209 g/mol. The van der Waals surface area contributed by atoms with E-state index in [-0.39, 0.29) is 0 Å². The number of hydrogen-bond acceptors (Lipinski definition) is 3. The Hall–Kier alpha value is -0.670. The number of benzene rings is 1. The zero-order valence-electron chi connectivity index (χ0n) is 8.32. The molecule has 0 aliphatic heterocycles. The van der Waals surface area contributed by atoms with Gasteiger partial charge in [0.1, 0.15) is 5.75 Å². The average molecular weight is 209 g/mol. The highest BCUT2D eigenvalue weighted by atomic mass is 32.2. The Balaban J connectivity index is 2.19. The first kappa shape index (κ1) is 9.87. The second-order valence-electron chi connectivity index (χ2n) is 3.54. The highest BCUT2D eigenvalue weighted by Crippen LogP contribution is 2.30. The smallest absolute Gasteiger partial charge is 0.121 e. The van der Waals surface area contributed by atoms with Crippen LogP contribution in [0, 0.1) is 0 Å². The van der Waals surface area contributed by atoms with Crippen LogP contribution in [0.15, 0.2) is 23.1 Å². The minimum absolute atomic E-state index is 0.456. The van der Waals surface area contributed by atoms with Gasteiger partial charge in [-0.05, 0) is 42.9 Å². The largest absolute Gasteiger partial charge is 0.490 e. The molecule has 1 aliphatic carbocycles. The molecule has 2 rings (SSSR count). The van der Waals surface area contributed by atoms with E-state index in [0.717, 1.165) is 11.3 Å². The normalized spacial score (nSPS) is 15.6. The van der Waals surface area contributed by atoms with Gasteiger partial charge in [-0.15, -0.1) is 11.8 Å². The summed E-state index contributed by atoms with van der Waals surface area (Å²) in [4.78, 5) is 1.23. The van der Waals surface area contributed by atoms with Crippen LogP contribution in [0.2, 0.25) is 0 Å². The SMILES string of the molecule is CSc1cc(CN)cc(OC2CC2)c1. The topological polar surface area (TPSA) is 35.2 Å². The minimum atomic E-state index is 0.456. The number of rotatable bonds is 4. The third kappa shape index (κ3) is 2.42. The van der Waals surface area contributed by atoms with Crippen LogP contribution in [0.4, 0.5) is 0 Å². The Bertz CT molecular complexity index is 301. The molecule has 3 heteroatoms. The Morgan fingerprint density at radius 3 is 2.79 bits per heavy atom. The summed E-state index contributed by atoms with van der Waals surface area (Å²) >= 11 is 1.72. The molecule has 0 radical (unpaired) electrons. The molecule has 1 saturated carbocycles. The maximum Gasteiger partial charge on any atom is 0.121 e. The van der Waals surface area contributed by atoms with Crippen molar-refractivity contribution in [1.29, 1.82) is 0 Å². The first-order valence-electron chi connectivity index (χ1n) is 4.86. The molecule has 0 spiro atoms. The van der Waals surface area contributed by atoms with Crippen molar-refractivity contribution in [2.75, 3.05) is 6.26 Å². The molecule has 1 aromatic rings. The van der Waals surface area contributed by atoms with Crippen LogP contribution in [-0.2, 0) is 6.54 Å². The number of nitrogens with two attached hydrogens (primary N) is 1. The average Bonchev–Trinajstić information content (AvgIpc) is 3.01. The van der Waals surface area contributed by atoms with Crippen molar-refractivity contribution < 1.29 is 4.74 Å². The quantitative estimate of drug-likeness (QED) is 0.773. The summed E-state index contributed by atoms with van der Waals surface area (Å²) in [6.45, 7) is 0.579. The first-order chi connectivity index (χ1) is 6.81. The van der Waals surface area contributed by atoms with Gasteiger partial charge in [0.15, 0.2) is 0 Å². The summed E-state index contributed by atoms with van der Waals surface area (Å²) in [6.07, 6.45) is 4.91. The van der Waals surface area contributed by atoms with Crippen LogP contribution in [0.1, 0.15) is 18.4 Å². The summed E-state index contributed by atoms with van der Waals surface area (Å²) < 4.78 is 5.74. The molecule has 0 aromatic heterocycles. The summed E-state index contributed by atoms with van der Waals surface area (Å²) in [7, 11) is 0. The van der Waals surface area contributed by atoms with Gasteiger partial charge in [0.25, 0.3) is 0 Å². The molecule has 14 heavy (non-hydrogen) atoms. The van der Waals surface area contributed by atoms with E-state index >= 15 is 0 Å². The van der Waals surface area contributed by atoms with E-state index in [1.54, 1.807) is 11.8 Å². The fourth-order valence-corrected chi connectivity index (χ4v) is 1.82. The van der Waals surface area contributed by atoms with E-state index < -0.39 is 0 Å². The van der Waals surface area contributed by atoms with Gasteiger partial charge in [0.2, 0.25) is 0 Å². The summed E-state index contributed by atoms with van der Waals surface area (Å²) in [5.41, 5.74) is 6.77. The summed E-state index contributed by atoms with van der Waals surface area (Å²) in [6, 6.07) is 6.24. The fraction of sp³-hybridized carbons (Fsp3) is 0.455. The van der Waals surface area contributed by atoms with Gasteiger partial charge in [-0.25, -0.2) is 0 Å². The summed E-state index contributed by atoms with van der Waals surface area (Å²) in [5.74, 6) is 0.972. The predicted molar refractivity (Wildman–Crippen MR) is 59.8 cm³/mol. The Morgan fingerprint density at radius 2 is 2.21 bits per heavy atom. The number of ether oxygens (including phenoxy) is 1. The second-order valence-corrected chi connectivity index (χ2v) is 4.42. The lowest BCUT2D eigenvalue weighted by Crippen LogP contribution is -2.00. The minimum Gasteiger partial charge on any atom is -0.490 e. The third-order valence-electron chi connectivity index (χ3n) is 2.24. The molecule has 76 valence electrons. The van der Waals surface area contributed by atoms with Gasteiger partial charge in [0.05, 0.1) is 6.10 Å². The van der Waals surface area contributed by atoms with E-state index in [0.29, 0.717) is 12.6 Å². The van der Waals surface area contributed by atoms with Crippen LogP contribution in [0.25, 0.3) is 0 Å². The molecule has 0 heterocycles. The lowest BCUT2D eigenvalue weighted by molar-refractivity contribution is 0.302. The molecule has 0 saturated heterocycles. The molecule has 0 bridgehead atoms. The van der Waals surface area contributed by atoms with Gasteiger partial charge >= 0.3 is 0 Å². The predicted octanol–water partition coefficient (Wildman–Crippen LogP) is 2.41. The van der Waals surface area contributed by atoms with Crippen LogP contribution in [0.3, 0.4) is 0 Å². The molecule has 2 N–H and O–H groups in total. The maximum atomic E-state index is 5.74. The molecular formula is C11H15NOS. The summed E-state index contributed by atoms with van der Waals surface area (Å²) in [5, 5.41) is 0. The van der Waals surface area contributed by atoms with Crippen molar-refractivity contribution in [3.63, 3.8) is 0 Å². The van der Waals surface area contributed by atoms with Crippen LogP contribution in [-0.4, -0.2) is 12.4 Å². The van der Waals surface area contributed by atoms with E-state index in [2.05, 4.69) is 18.4 Å². The number of hydrogen-bond donors (Lipinski definition) is 1. The molecule has 1 aliphatic rings. The maximum absolute atomic E-state index is 5.74. The van der Waals surface area contributed by atoms with E-state index in [4.69, 9.17) is 10.5 Å². The third-order valence-corrected chi connectivity index (χ3v) is 2.95. The van der Waals surface area contributed by atoms with Gasteiger partial charge < -0.3 is 10.5 Å². The van der Waals surface area contributed by atoms with E-state index in [1.807, 2.05) is 6.07 Å². The Morgan fingerprint density at radius 1 is 1.43 bits per heavy atom. The Kier molecular flexibility index (Phi) is 2.99. The van der Waals surface area contributed by atoms with Gasteiger partial charge in [0, 0.05) is 11.4 Å². The molecule has 0 unspecified atom stereocenters. The lowest BCUT2D eigenvalue weighted by atomic mass is 10.2. The molecule has 0 amide bonds. The zero-order chi connectivity index (χ0) is 9.97. The highest BCUT2D eigenvalue weighted by Gasteiger charge is 2.23. The van der Waals surface area contributed by atoms with Crippen LogP contribution >= 0.6 is 11.8 Å². The van der Waals surface area contributed by atoms with E-state index in [1.165, 1.54) is 17.7 Å². The van der Waals surface area contributed by atoms with Crippen LogP contribution < -0.4 is 10.5 Å². The van der Waals surface area contributed by atoms with Gasteiger partial charge in [-0.1, -0.05) is 0 Å². The zero-order valence-corrected chi connectivity index (χ0v) is 9.14. The number of thioether (sulfide) groups is 1. The van der Waals surface area contributed by atoms with E-state index in [9.17, 15) is 0 Å². The fourth-order valence-electron chi connectivity index (χ4n) is 1.31. The van der Waals surface area contributed by atoms with Crippen molar-refractivity contribution in [2.24, 2.45) is 5.73 Å². The van der Waals surface area contributed by atoms with Crippen molar-refractivity contribution in [3.8, 4) is 5.75 Å². The molecule has 0 atom stereocenters. The molecule has 1 aromatic carbocycles. The second kappa shape index (κ2) is 4.24. The van der Waals surface area contributed by atoms with Crippen molar-refractivity contribution in [1.82, 2.24) is 0 Å². The van der Waals surface area contributed by atoms with Crippen molar-refractivity contribution >= 4 is 11.8 Å².